The highest BCUT2D eigenvalue weighted by Crippen LogP contribution is 2.58. The number of aromatic amines is 1. The predicted molar refractivity (Wildman–Crippen MR) is 295 cm³/mol. The summed E-state index contributed by atoms with van der Waals surface area (Å²) in [5.41, 5.74) is 5.41. The van der Waals surface area contributed by atoms with Gasteiger partial charge in [-0.15, -0.1) is 0 Å². The van der Waals surface area contributed by atoms with Gasteiger partial charge in [-0.25, -0.2) is 14.2 Å². The molecule has 0 bridgehead atoms. The normalized spacial score (nSPS) is 23.7. The van der Waals surface area contributed by atoms with E-state index in [4.69, 9.17) is 47.4 Å². The first-order chi connectivity index (χ1) is 37.5. The third-order valence-corrected chi connectivity index (χ3v) is 21.5. The fourth-order valence-corrected chi connectivity index (χ4v) is 17.3. The van der Waals surface area contributed by atoms with Gasteiger partial charge in [-0.2, -0.15) is 4.98 Å². The molecule has 8 atom stereocenters. The van der Waals surface area contributed by atoms with Crippen molar-refractivity contribution in [2.75, 3.05) is 33.2 Å². The molecule has 3 N–H and O–H groups in total. The molecule has 18 nitrogen and oxygen atoms in total. The van der Waals surface area contributed by atoms with E-state index in [1.807, 2.05) is 115 Å². The van der Waals surface area contributed by atoms with E-state index in [1.54, 1.807) is 21.1 Å². The summed E-state index contributed by atoms with van der Waals surface area (Å²) in [5, 5.41) is 1.56. The van der Waals surface area contributed by atoms with E-state index >= 15 is 4.57 Å². The van der Waals surface area contributed by atoms with Crippen molar-refractivity contribution >= 4 is 32.3 Å². The van der Waals surface area contributed by atoms with Crippen LogP contribution in [0.25, 0.3) is 0 Å². The van der Waals surface area contributed by atoms with Crippen molar-refractivity contribution < 1.29 is 46.2 Å². The van der Waals surface area contributed by atoms with Crippen LogP contribution in [0.5, 0.6) is 11.5 Å². The molecular formula is C58H64N5O13PSi. The number of aryl methyl sites for hydroxylation is 1. The van der Waals surface area contributed by atoms with Crippen LogP contribution in [0.4, 0.5) is 5.82 Å². The molecule has 3 aliphatic heterocycles. The molecule has 0 saturated carbocycles. The Morgan fingerprint density at radius 1 is 0.731 bits per heavy atom. The van der Waals surface area contributed by atoms with Crippen LogP contribution < -0.4 is 42.5 Å². The van der Waals surface area contributed by atoms with Crippen LogP contribution in [-0.4, -0.2) is 85.4 Å². The lowest BCUT2D eigenvalue weighted by Crippen LogP contribution is -2.68. The number of methoxy groups -OCH3 is 2. The van der Waals surface area contributed by atoms with Crippen molar-refractivity contribution in [1.29, 1.82) is 0 Å². The summed E-state index contributed by atoms with van der Waals surface area (Å²) in [5.74, 6) is 1.31. The van der Waals surface area contributed by atoms with Crippen LogP contribution in [0.2, 0.25) is 5.04 Å². The van der Waals surface area contributed by atoms with Gasteiger partial charge in [-0.3, -0.25) is 32.5 Å². The van der Waals surface area contributed by atoms with Crippen molar-refractivity contribution in [1.82, 2.24) is 19.1 Å². The smallest absolute Gasteiger partial charge is 0.475 e. The minimum atomic E-state index is -4.57. The number of nitrogens with zero attached hydrogens (tertiary/aromatic N) is 3. The molecule has 0 unspecified atom stereocenters. The first kappa shape index (κ1) is 54.6. The predicted octanol–water partition coefficient (Wildman–Crippen LogP) is 7.53. The molecule has 0 amide bonds. The van der Waals surface area contributed by atoms with Crippen molar-refractivity contribution in [3.63, 3.8) is 0 Å². The van der Waals surface area contributed by atoms with Gasteiger partial charge in [-0.05, 0) is 69.4 Å². The lowest BCUT2D eigenvalue weighted by atomic mass is 9.80. The summed E-state index contributed by atoms with van der Waals surface area (Å²) in [6, 6.07) is 46.6. The molecule has 3 saturated heterocycles. The number of phosphoric acid groups is 1. The maximum atomic E-state index is 15.5. The molecule has 3 aliphatic rings. The molecule has 3 fully saturated rings. The zero-order valence-electron chi connectivity index (χ0n) is 44.3. The molecule has 0 spiro atoms. The first-order valence-electron chi connectivity index (χ1n) is 25.9. The quantitative estimate of drug-likeness (QED) is 0.0512. The maximum absolute atomic E-state index is 15.5. The van der Waals surface area contributed by atoms with Gasteiger partial charge in [0, 0.05) is 37.2 Å². The monoisotopic (exact) mass is 1100 g/mol. The summed E-state index contributed by atoms with van der Waals surface area (Å²) in [6.45, 7) is 7.85. The number of aromatic nitrogens is 4. The zero-order valence-corrected chi connectivity index (χ0v) is 46.2. The number of anilines is 1. The van der Waals surface area contributed by atoms with Gasteiger partial charge >= 0.3 is 19.2 Å². The van der Waals surface area contributed by atoms with Crippen molar-refractivity contribution in [2.45, 2.75) is 101 Å². The number of ether oxygens (including phenoxy) is 5. The summed E-state index contributed by atoms with van der Waals surface area (Å²) in [7, 11) is -4.69. The average molecular weight is 1100 g/mol. The number of phosphoric ester groups is 1. The molecule has 2 aromatic heterocycles. The highest BCUT2D eigenvalue weighted by Gasteiger charge is 2.57. The average Bonchev–Trinajstić information content (AvgIpc) is 4.16. The molecule has 78 heavy (non-hydrogen) atoms. The Labute approximate surface area is 452 Å². The standard InChI is InChI=1S/C58H64N5O13PSi/c1-38-36-63(56(66)61-54(38)64)52-35-48(76-78(57(2,3)4,44-18-12-8-13-19-44)45-20-14-9-15-21-45)53(73-52)46-31-33-71-77(67,74-46)75-47-34-51(62-32-30-50(59)60-55(62)65)72-49(47)37-70-58(39-16-10-7-11-17-39,40-22-26-42(68-5)27-23-40)41-24-28-43(69-6)29-25-41/h7-30,32,36,46-49,51-53H,31,33-35,37H2,1-6H3,(H2,59,60,65)(H,61,64,66)/t46-,47+,48+,49-,51-,52-,53-,77+/m1/s1. The second-order valence-corrected chi connectivity index (χ2v) is 26.5. The van der Waals surface area contributed by atoms with E-state index < -0.39 is 86.7 Å². The zero-order chi connectivity index (χ0) is 54.8. The van der Waals surface area contributed by atoms with E-state index in [0.29, 0.717) is 17.1 Å². The van der Waals surface area contributed by atoms with Crippen LogP contribution in [0.1, 0.15) is 74.7 Å². The lowest BCUT2D eigenvalue weighted by molar-refractivity contribution is -0.112. The van der Waals surface area contributed by atoms with Gasteiger partial charge in [0.1, 0.15) is 59.8 Å². The lowest BCUT2D eigenvalue weighted by Gasteiger charge is -2.46. The molecule has 10 rings (SSSR count). The van der Waals surface area contributed by atoms with Crippen molar-refractivity contribution in [3.8, 4) is 11.5 Å². The van der Waals surface area contributed by atoms with E-state index in [-0.39, 0.29) is 38.3 Å². The van der Waals surface area contributed by atoms with Crippen LogP contribution in [-0.2, 0) is 42.4 Å². The highest BCUT2D eigenvalue weighted by molar-refractivity contribution is 7.48. The summed E-state index contributed by atoms with van der Waals surface area (Å²) >= 11 is 0. The number of rotatable bonds is 17. The Hall–Kier alpha value is -6.77. The summed E-state index contributed by atoms with van der Waals surface area (Å²) in [6.07, 6.45) is -3.34. The molecule has 408 valence electrons. The summed E-state index contributed by atoms with van der Waals surface area (Å²) in [4.78, 5) is 46.0. The molecule has 20 heteroatoms. The number of hydrogen-bond donors (Lipinski definition) is 2. The number of hydrogen-bond acceptors (Lipinski definition) is 15. The van der Waals surface area contributed by atoms with Gasteiger partial charge in [-0.1, -0.05) is 136 Å². The number of nitrogens with two attached hydrogens (primary N) is 1. The second kappa shape index (κ2) is 22.5. The largest absolute Gasteiger partial charge is 0.497 e. The summed E-state index contributed by atoms with van der Waals surface area (Å²) < 4.78 is 77.1. The molecule has 5 aromatic carbocycles. The Kier molecular flexibility index (Phi) is 15.8. The Balaban J connectivity index is 1.01. The van der Waals surface area contributed by atoms with Crippen molar-refractivity contribution in [3.05, 3.63) is 212 Å². The van der Waals surface area contributed by atoms with E-state index in [0.717, 1.165) is 27.1 Å². The maximum Gasteiger partial charge on any atom is 0.475 e. The van der Waals surface area contributed by atoms with Crippen LogP contribution in [0, 0.1) is 6.92 Å². The number of benzene rings is 5. The van der Waals surface area contributed by atoms with E-state index in [9.17, 15) is 14.4 Å². The van der Waals surface area contributed by atoms with Gasteiger partial charge in [0.25, 0.3) is 13.9 Å². The fraction of sp³-hybridized carbons (Fsp3) is 0.345. The van der Waals surface area contributed by atoms with Crippen LogP contribution in [0.3, 0.4) is 0 Å². The topological polar surface area (TPSA) is 216 Å². The molecule has 0 aliphatic carbocycles. The highest BCUT2D eigenvalue weighted by atomic mass is 31.2. The Bertz CT molecular complexity index is 3330. The molecule has 7 aromatic rings. The number of nitrogens with one attached hydrogen (secondary N) is 1. The molecule has 0 radical (unpaired) electrons. The second-order valence-electron chi connectivity index (χ2n) is 20.7. The van der Waals surface area contributed by atoms with Crippen LogP contribution in [0.15, 0.2) is 172 Å². The number of H-pyrrole nitrogens is 1. The van der Waals surface area contributed by atoms with E-state index in [2.05, 4.69) is 55.0 Å². The third kappa shape index (κ3) is 10.7. The van der Waals surface area contributed by atoms with Crippen molar-refractivity contribution in [2.24, 2.45) is 0 Å². The van der Waals surface area contributed by atoms with Crippen LogP contribution >= 0.6 is 7.82 Å². The Morgan fingerprint density at radius 3 is 1.85 bits per heavy atom. The van der Waals surface area contributed by atoms with Gasteiger partial charge in [0.05, 0.1) is 33.5 Å². The minimum absolute atomic E-state index is 0.0135. The SMILES string of the molecule is COc1ccc(C(OC[C@H]2O[C@@H](n3ccc(N)nc3=O)C[C@@H]2O[P@@]2(=O)OCC[C@H]([C@H]3O[C@@H](n4cc(C)c(=O)[nH]c4=O)C[C@@H]3O[Si](c3ccccc3)(c3ccccc3)C(C)(C)C)O2)(c2ccccc2)c2ccc(OC)cc2)cc1. The minimum Gasteiger partial charge on any atom is -0.497 e. The first-order valence-corrected chi connectivity index (χ1v) is 29.3. The van der Waals surface area contributed by atoms with Gasteiger partial charge in [0.2, 0.25) is 0 Å². The van der Waals surface area contributed by atoms with E-state index in [1.165, 1.54) is 27.6 Å². The van der Waals surface area contributed by atoms with Gasteiger partial charge in [0.15, 0.2) is 0 Å². The fourth-order valence-electron chi connectivity index (χ4n) is 11.0. The Morgan fingerprint density at radius 2 is 1.28 bits per heavy atom. The molecule has 5 heterocycles. The number of nitrogen functional groups attached to an aromatic ring is 1. The third-order valence-electron chi connectivity index (χ3n) is 14.8. The molecular weight excluding hydrogens is 1030 g/mol. The van der Waals surface area contributed by atoms with Gasteiger partial charge < -0.3 is 33.8 Å².